The molecule has 0 aliphatic carbocycles. The van der Waals surface area contributed by atoms with Gasteiger partial charge in [-0.15, -0.1) is 0 Å². The molecule has 0 saturated carbocycles. The van der Waals surface area contributed by atoms with Crippen molar-refractivity contribution in [3.63, 3.8) is 0 Å². The number of carbonyl (C=O) groups excluding carboxylic acids is 1. The SMILES string of the molecule is CCS(=O)(=O)c1ccc(CC(=O)Nc2ccc(Br)c(Cl)c2)cc1. The van der Waals surface area contributed by atoms with E-state index in [2.05, 4.69) is 21.2 Å². The van der Waals surface area contributed by atoms with E-state index in [-0.39, 0.29) is 23.0 Å². The number of rotatable bonds is 5. The van der Waals surface area contributed by atoms with Gasteiger partial charge in [-0.2, -0.15) is 0 Å². The van der Waals surface area contributed by atoms with Crippen LogP contribution >= 0.6 is 27.5 Å². The minimum Gasteiger partial charge on any atom is -0.326 e. The number of sulfone groups is 1. The average molecular weight is 417 g/mol. The van der Waals surface area contributed by atoms with Crippen molar-refractivity contribution in [2.45, 2.75) is 18.2 Å². The van der Waals surface area contributed by atoms with Crippen molar-refractivity contribution in [2.75, 3.05) is 11.1 Å². The van der Waals surface area contributed by atoms with Gasteiger partial charge in [0.05, 0.1) is 22.1 Å². The van der Waals surface area contributed by atoms with Crippen molar-refractivity contribution >= 4 is 49.0 Å². The highest BCUT2D eigenvalue weighted by atomic mass is 79.9. The van der Waals surface area contributed by atoms with Crippen molar-refractivity contribution in [3.8, 4) is 0 Å². The first kappa shape index (κ1) is 18.0. The summed E-state index contributed by atoms with van der Waals surface area (Å²) in [7, 11) is -3.22. The molecule has 0 bridgehead atoms. The van der Waals surface area contributed by atoms with Gasteiger partial charge in [0.2, 0.25) is 5.91 Å². The molecule has 1 N–H and O–H groups in total. The van der Waals surface area contributed by atoms with E-state index in [1.807, 2.05) is 0 Å². The molecule has 0 fully saturated rings. The van der Waals surface area contributed by atoms with Crippen LogP contribution in [0.5, 0.6) is 0 Å². The molecule has 0 aliphatic heterocycles. The Kier molecular flexibility index (Phi) is 5.84. The van der Waals surface area contributed by atoms with E-state index in [4.69, 9.17) is 11.6 Å². The number of halogens is 2. The van der Waals surface area contributed by atoms with Crippen molar-refractivity contribution in [2.24, 2.45) is 0 Å². The van der Waals surface area contributed by atoms with Gasteiger partial charge >= 0.3 is 0 Å². The van der Waals surface area contributed by atoms with Crippen LogP contribution in [0.1, 0.15) is 12.5 Å². The van der Waals surface area contributed by atoms with Crippen LogP contribution in [0.25, 0.3) is 0 Å². The number of nitrogens with one attached hydrogen (secondary N) is 1. The van der Waals surface area contributed by atoms with E-state index in [9.17, 15) is 13.2 Å². The van der Waals surface area contributed by atoms with Gasteiger partial charge in [-0.1, -0.05) is 30.7 Å². The zero-order valence-electron chi connectivity index (χ0n) is 12.3. The molecule has 2 aromatic rings. The summed E-state index contributed by atoms with van der Waals surface area (Å²) in [6, 6.07) is 11.5. The van der Waals surface area contributed by atoms with Gasteiger partial charge < -0.3 is 5.32 Å². The first-order valence-corrected chi connectivity index (χ1v) is 9.71. The quantitative estimate of drug-likeness (QED) is 0.799. The van der Waals surface area contributed by atoms with Gasteiger partial charge in [0.1, 0.15) is 0 Å². The Hall–Kier alpha value is -1.37. The van der Waals surface area contributed by atoms with Crippen molar-refractivity contribution < 1.29 is 13.2 Å². The van der Waals surface area contributed by atoms with Gasteiger partial charge in [-0.25, -0.2) is 8.42 Å². The van der Waals surface area contributed by atoms with E-state index < -0.39 is 9.84 Å². The predicted octanol–water partition coefficient (Wildman–Crippen LogP) is 4.08. The highest BCUT2D eigenvalue weighted by Crippen LogP contribution is 2.25. The molecule has 1 amide bonds. The summed E-state index contributed by atoms with van der Waals surface area (Å²) >= 11 is 9.26. The number of hydrogen-bond acceptors (Lipinski definition) is 3. The summed E-state index contributed by atoms with van der Waals surface area (Å²) in [5.41, 5.74) is 1.34. The normalized spacial score (nSPS) is 11.3. The molecule has 0 saturated heterocycles. The molecule has 23 heavy (non-hydrogen) atoms. The fraction of sp³-hybridized carbons (Fsp3) is 0.188. The van der Waals surface area contributed by atoms with Gasteiger partial charge in [0.15, 0.2) is 9.84 Å². The lowest BCUT2D eigenvalue weighted by atomic mass is 10.1. The molecule has 0 aliphatic rings. The Bertz CT molecular complexity index is 820. The Balaban J connectivity index is 2.04. The Morgan fingerprint density at radius 2 is 1.83 bits per heavy atom. The van der Waals surface area contributed by atoms with Crippen molar-refractivity contribution in [1.29, 1.82) is 0 Å². The fourth-order valence-electron chi connectivity index (χ4n) is 1.95. The number of benzene rings is 2. The zero-order chi connectivity index (χ0) is 17.0. The molecule has 0 unspecified atom stereocenters. The summed E-state index contributed by atoms with van der Waals surface area (Å²) in [4.78, 5) is 12.3. The van der Waals surface area contributed by atoms with Gasteiger partial charge in [0.25, 0.3) is 0 Å². The topological polar surface area (TPSA) is 63.2 Å². The summed E-state index contributed by atoms with van der Waals surface area (Å²) in [5.74, 6) is -0.147. The smallest absolute Gasteiger partial charge is 0.228 e. The Labute approximate surface area is 148 Å². The molecule has 122 valence electrons. The van der Waals surface area contributed by atoms with E-state index in [0.29, 0.717) is 10.7 Å². The summed E-state index contributed by atoms with van der Waals surface area (Å²) in [6.45, 7) is 1.60. The maximum atomic E-state index is 12.0. The van der Waals surface area contributed by atoms with Crippen LogP contribution in [-0.4, -0.2) is 20.1 Å². The largest absolute Gasteiger partial charge is 0.326 e. The van der Waals surface area contributed by atoms with Crippen LogP contribution in [-0.2, 0) is 21.1 Å². The van der Waals surface area contributed by atoms with Crippen molar-refractivity contribution in [3.05, 3.63) is 57.5 Å². The number of hydrogen-bond donors (Lipinski definition) is 1. The average Bonchev–Trinajstić information content (AvgIpc) is 2.51. The van der Waals surface area contributed by atoms with Crippen LogP contribution in [0.3, 0.4) is 0 Å². The molecule has 4 nitrogen and oxygen atoms in total. The molecular formula is C16H15BrClNO3S. The van der Waals surface area contributed by atoms with Crippen LogP contribution in [0.15, 0.2) is 51.8 Å². The molecule has 7 heteroatoms. The monoisotopic (exact) mass is 415 g/mol. The summed E-state index contributed by atoms with van der Waals surface area (Å²) in [6.07, 6.45) is 0.153. The van der Waals surface area contributed by atoms with E-state index in [1.54, 1.807) is 37.3 Å². The highest BCUT2D eigenvalue weighted by Gasteiger charge is 2.12. The van der Waals surface area contributed by atoms with Gasteiger partial charge in [-0.05, 0) is 51.8 Å². The first-order valence-electron chi connectivity index (χ1n) is 6.88. The molecule has 0 radical (unpaired) electrons. The van der Waals surface area contributed by atoms with E-state index >= 15 is 0 Å². The second-order valence-corrected chi connectivity index (χ2v) is 8.44. The maximum absolute atomic E-state index is 12.0. The van der Waals surface area contributed by atoms with E-state index in [0.717, 1.165) is 10.0 Å². The molecule has 2 aromatic carbocycles. The fourth-order valence-corrected chi connectivity index (χ4v) is 3.26. The molecule has 0 aromatic heterocycles. The Morgan fingerprint density at radius 3 is 2.39 bits per heavy atom. The third-order valence-corrected chi connectivity index (χ3v) is 6.21. The lowest BCUT2D eigenvalue weighted by Gasteiger charge is -2.07. The first-order chi connectivity index (χ1) is 10.8. The van der Waals surface area contributed by atoms with Crippen LogP contribution in [0.4, 0.5) is 5.69 Å². The standard InChI is InChI=1S/C16H15BrClNO3S/c1-2-23(21,22)13-6-3-11(4-7-13)9-16(20)19-12-5-8-14(17)15(18)10-12/h3-8,10H,2,9H2,1H3,(H,19,20). The molecule has 2 rings (SSSR count). The Morgan fingerprint density at radius 1 is 1.17 bits per heavy atom. The highest BCUT2D eigenvalue weighted by molar-refractivity contribution is 9.10. The lowest BCUT2D eigenvalue weighted by molar-refractivity contribution is -0.115. The third-order valence-electron chi connectivity index (χ3n) is 3.23. The predicted molar refractivity (Wildman–Crippen MR) is 95.7 cm³/mol. The van der Waals surface area contributed by atoms with Crippen LogP contribution in [0, 0.1) is 0 Å². The van der Waals surface area contributed by atoms with E-state index in [1.165, 1.54) is 12.1 Å². The molecule has 0 heterocycles. The third kappa shape index (κ3) is 4.80. The second kappa shape index (κ2) is 7.47. The number of anilines is 1. The number of amides is 1. The van der Waals surface area contributed by atoms with Crippen LogP contribution in [0.2, 0.25) is 5.02 Å². The molecule has 0 atom stereocenters. The summed E-state index contributed by atoms with van der Waals surface area (Å²) < 4.78 is 24.2. The zero-order valence-corrected chi connectivity index (χ0v) is 15.5. The van der Waals surface area contributed by atoms with Crippen LogP contribution < -0.4 is 5.32 Å². The minimum atomic E-state index is -3.22. The molecular weight excluding hydrogens is 402 g/mol. The number of carbonyl (C=O) groups is 1. The molecule has 0 spiro atoms. The second-order valence-electron chi connectivity index (χ2n) is 4.90. The minimum absolute atomic E-state index is 0.0527. The lowest BCUT2D eigenvalue weighted by Crippen LogP contribution is -2.14. The van der Waals surface area contributed by atoms with Gasteiger partial charge in [-0.3, -0.25) is 4.79 Å². The summed E-state index contributed by atoms with van der Waals surface area (Å²) in [5, 5.41) is 3.26. The maximum Gasteiger partial charge on any atom is 0.228 e. The van der Waals surface area contributed by atoms with Gasteiger partial charge in [0, 0.05) is 10.2 Å². The van der Waals surface area contributed by atoms with Crippen molar-refractivity contribution in [1.82, 2.24) is 0 Å².